The van der Waals surface area contributed by atoms with Gasteiger partial charge < -0.3 is 12.9 Å². The molecule has 0 saturated carbocycles. The van der Waals surface area contributed by atoms with E-state index in [-0.39, 0.29) is 57.2 Å². The Labute approximate surface area is 133 Å². The maximum atomic E-state index is 12.1. The van der Waals surface area contributed by atoms with E-state index in [1.807, 2.05) is 0 Å². The molecule has 0 atom stereocenters. The van der Waals surface area contributed by atoms with Crippen LogP contribution in [0.3, 0.4) is 0 Å². The number of halogens is 3. The van der Waals surface area contributed by atoms with Crippen molar-refractivity contribution in [1.29, 1.82) is 0 Å². The van der Waals surface area contributed by atoms with Gasteiger partial charge in [0.2, 0.25) is 0 Å². The predicted octanol–water partition coefficient (Wildman–Crippen LogP) is -2.92. The molecule has 4 nitrogen and oxygen atoms in total. The van der Waals surface area contributed by atoms with E-state index in [2.05, 4.69) is 9.97 Å². The molecule has 0 aliphatic heterocycles. The minimum Gasteiger partial charge on any atom is -0.445 e. The second-order valence-electron chi connectivity index (χ2n) is 3.08. The molecule has 0 fully saturated rings. The van der Waals surface area contributed by atoms with Crippen molar-refractivity contribution in [2.75, 3.05) is 6.26 Å². The molecule has 1 heterocycles. The Bertz CT molecular complexity index is 448. The molecule has 0 amide bonds. The predicted molar refractivity (Wildman–Crippen MR) is 49.3 cm³/mol. The molecule has 1 aromatic heterocycles. The van der Waals surface area contributed by atoms with Crippen LogP contribution < -0.4 is 56.8 Å². The molecule has 0 N–H and O–H groups in total. The molecule has 0 spiro atoms. The first-order valence-electron chi connectivity index (χ1n) is 3.87. The molecule has 0 aliphatic rings. The number of nitrogens with zero attached hydrogens (tertiary/aromatic N) is 2. The Morgan fingerprint density at radius 2 is 1.69 bits per heavy atom. The van der Waals surface area contributed by atoms with Crippen LogP contribution in [0.15, 0.2) is 12.4 Å². The Balaban J connectivity index is 0.00000225. The quantitative estimate of drug-likeness (QED) is 0.556. The first-order chi connectivity index (χ1) is 6.68. The Hall–Kier alpha value is 0.521. The summed E-state index contributed by atoms with van der Waals surface area (Å²) in [5.41, 5.74) is -0.938. The third-order valence-corrected chi connectivity index (χ3v) is 2.28. The van der Waals surface area contributed by atoms with Crippen molar-refractivity contribution < 1.29 is 72.7 Å². The fraction of sp³-hybridized carbons (Fsp3) is 0.333. The largest absolute Gasteiger partial charge is 1.00 e. The van der Waals surface area contributed by atoms with Crippen LogP contribution in [0.2, 0.25) is 0 Å². The Kier molecular flexibility index (Phi) is 6.11. The van der Waals surface area contributed by atoms with Crippen LogP contribution >= 0.6 is 0 Å². The first kappa shape index (κ1) is 16.5. The van der Waals surface area contributed by atoms with Gasteiger partial charge in [-0.2, -0.15) is 0 Å². The van der Waals surface area contributed by atoms with E-state index in [0.29, 0.717) is 12.4 Å². The summed E-state index contributed by atoms with van der Waals surface area (Å²) in [5.74, 6) is -0.598. The summed E-state index contributed by atoms with van der Waals surface area (Å²) in [6.07, 6.45) is 2.14. The maximum Gasteiger partial charge on any atom is 1.00 e. The van der Waals surface area contributed by atoms with Gasteiger partial charge in [0.05, 0.1) is 0 Å². The van der Waals surface area contributed by atoms with Gasteiger partial charge in [-0.05, 0) is 0 Å². The van der Waals surface area contributed by atoms with Gasteiger partial charge in [0.15, 0.2) is 9.84 Å². The summed E-state index contributed by atoms with van der Waals surface area (Å²) in [5, 5.41) is 0. The average molecular weight is 278 g/mol. The molecule has 0 aliphatic carbocycles. The normalized spacial score (nSPS) is 12.0. The van der Waals surface area contributed by atoms with Crippen LogP contribution in [0.4, 0.5) is 12.9 Å². The topological polar surface area (TPSA) is 59.9 Å². The van der Waals surface area contributed by atoms with Crippen LogP contribution in [-0.4, -0.2) is 31.6 Å². The summed E-state index contributed by atoms with van der Waals surface area (Å²) >= 11 is 0. The Morgan fingerprint density at radius 3 is 2.00 bits per heavy atom. The average Bonchev–Trinajstić information content (AvgIpc) is 2.00. The number of aromatic nitrogens is 2. The zero-order valence-corrected chi connectivity index (χ0v) is 12.6. The van der Waals surface area contributed by atoms with Gasteiger partial charge in [-0.1, -0.05) is 5.46 Å². The number of hydrogen-bond donors (Lipinski definition) is 0. The fourth-order valence-electron chi connectivity index (χ4n) is 0.843. The third kappa shape index (κ3) is 5.73. The second kappa shape index (κ2) is 5.92. The van der Waals surface area contributed by atoms with E-state index in [0.717, 1.165) is 6.26 Å². The molecule has 16 heavy (non-hydrogen) atoms. The number of sulfone groups is 1. The fourth-order valence-corrected chi connectivity index (χ4v) is 1.46. The van der Waals surface area contributed by atoms with Gasteiger partial charge in [0.25, 0.3) is 0 Å². The van der Waals surface area contributed by atoms with Crippen LogP contribution in [0.5, 0.6) is 0 Å². The van der Waals surface area contributed by atoms with Crippen molar-refractivity contribution >= 4 is 22.3 Å². The van der Waals surface area contributed by atoms with E-state index in [1.165, 1.54) is 0 Å². The van der Waals surface area contributed by atoms with Crippen molar-refractivity contribution in [3.63, 3.8) is 0 Å². The minimum absolute atomic E-state index is 0. The van der Waals surface area contributed by atoms with Crippen molar-refractivity contribution in [3.8, 4) is 0 Å². The van der Waals surface area contributed by atoms with Gasteiger partial charge in [0, 0.05) is 18.6 Å². The molecule has 0 saturated heterocycles. The van der Waals surface area contributed by atoms with Gasteiger partial charge in [-0.15, -0.1) is 0 Å². The summed E-state index contributed by atoms with van der Waals surface area (Å²) in [6.45, 7) is -5.13. The monoisotopic (exact) mass is 278 g/mol. The molecular weight excluding hydrogens is 271 g/mol. The van der Waals surface area contributed by atoms with Gasteiger partial charge >= 0.3 is 58.4 Å². The van der Waals surface area contributed by atoms with Gasteiger partial charge in [0.1, 0.15) is 11.6 Å². The van der Waals surface area contributed by atoms with Crippen LogP contribution in [0.1, 0.15) is 5.82 Å². The molecule has 10 heteroatoms. The first-order valence-corrected chi connectivity index (χ1v) is 5.93. The molecule has 0 bridgehead atoms. The van der Waals surface area contributed by atoms with E-state index < -0.39 is 28.0 Å². The third-order valence-electron chi connectivity index (χ3n) is 1.49. The summed E-state index contributed by atoms with van der Waals surface area (Å²) < 4.78 is 57.9. The molecule has 0 unspecified atom stereocenters. The molecule has 1 aromatic rings. The SMILES string of the molecule is CS(=O)(=O)Cc1ncc([B-](F)(F)F)cn1.[K+]. The van der Waals surface area contributed by atoms with Gasteiger partial charge in [-0.3, -0.25) is 0 Å². The molecule has 0 radical (unpaired) electrons. The van der Waals surface area contributed by atoms with Crippen LogP contribution in [0.25, 0.3) is 0 Å². The van der Waals surface area contributed by atoms with E-state index in [9.17, 15) is 21.4 Å². The van der Waals surface area contributed by atoms with E-state index >= 15 is 0 Å². The van der Waals surface area contributed by atoms with Crippen molar-refractivity contribution in [2.45, 2.75) is 5.75 Å². The molecule has 84 valence electrons. The molecule has 0 aromatic carbocycles. The smallest absolute Gasteiger partial charge is 0.445 e. The van der Waals surface area contributed by atoms with Crippen molar-refractivity contribution in [1.82, 2.24) is 9.97 Å². The maximum absolute atomic E-state index is 12.1. The van der Waals surface area contributed by atoms with Crippen molar-refractivity contribution in [3.05, 3.63) is 18.2 Å². The standard InChI is InChI=1S/C6H7BF3N2O2S.K/c1-15(13,14)4-6-11-2-5(3-12-6)7(8,9)10;/h2-3H,4H2,1H3;/q-1;+1. The van der Waals surface area contributed by atoms with Crippen molar-refractivity contribution in [2.24, 2.45) is 0 Å². The number of rotatable bonds is 3. The summed E-state index contributed by atoms with van der Waals surface area (Å²) in [4.78, 5) is 6.67. The summed E-state index contributed by atoms with van der Waals surface area (Å²) in [6, 6.07) is 0. The molecular formula is C6H7BF3KN2O2S. The van der Waals surface area contributed by atoms with Gasteiger partial charge in [-0.25, -0.2) is 18.4 Å². The minimum atomic E-state index is -5.13. The zero-order chi connectivity index (χ0) is 11.7. The summed E-state index contributed by atoms with van der Waals surface area (Å²) in [7, 11) is -3.33. The molecule has 1 rings (SSSR count). The van der Waals surface area contributed by atoms with E-state index in [1.54, 1.807) is 0 Å². The second-order valence-corrected chi connectivity index (χ2v) is 5.22. The zero-order valence-electron chi connectivity index (χ0n) is 8.69. The van der Waals surface area contributed by atoms with Crippen LogP contribution in [0, 0.1) is 0 Å². The van der Waals surface area contributed by atoms with E-state index in [4.69, 9.17) is 0 Å². The van der Waals surface area contributed by atoms with Crippen LogP contribution in [-0.2, 0) is 15.6 Å². The Morgan fingerprint density at radius 1 is 1.25 bits per heavy atom. The number of hydrogen-bond acceptors (Lipinski definition) is 4.